The Balaban J connectivity index is 1.71. The molecule has 0 spiro atoms. The summed E-state index contributed by atoms with van der Waals surface area (Å²) in [6.07, 6.45) is 11.4. The second kappa shape index (κ2) is 3.97. The zero-order valence-electron chi connectivity index (χ0n) is 11.9. The van der Waals surface area contributed by atoms with E-state index in [2.05, 4.69) is 50.4 Å². The summed E-state index contributed by atoms with van der Waals surface area (Å²) in [6.45, 7) is 0. The van der Waals surface area contributed by atoms with Crippen molar-refractivity contribution in [1.82, 2.24) is 20.0 Å². The quantitative estimate of drug-likeness (QED) is 0.793. The number of aromatic amines is 1. The first-order chi connectivity index (χ1) is 10.4. The molecule has 3 aromatic rings. The molecule has 1 unspecified atom stereocenters. The Morgan fingerprint density at radius 2 is 2.10 bits per heavy atom. The van der Waals surface area contributed by atoms with Gasteiger partial charge in [-0.1, -0.05) is 23.4 Å². The number of rotatable bonds is 4. The van der Waals surface area contributed by atoms with Crippen LogP contribution in [-0.2, 0) is 0 Å². The number of aromatic nitrogens is 4. The van der Waals surface area contributed by atoms with Crippen molar-refractivity contribution >= 4 is 10.9 Å². The molecule has 4 nitrogen and oxygen atoms in total. The third-order valence-electron chi connectivity index (χ3n) is 5.38. The number of fused-ring (bicyclic) bond motifs is 1. The molecule has 4 heteroatoms. The zero-order chi connectivity index (χ0) is 13.9. The predicted octanol–water partition coefficient (Wildman–Crippen LogP) is 3.54. The normalized spacial score (nSPS) is 21.5. The maximum absolute atomic E-state index is 4.35. The summed E-state index contributed by atoms with van der Waals surface area (Å²) >= 11 is 0. The van der Waals surface area contributed by atoms with Crippen LogP contribution in [0.3, 0.4) is 0 Å². The minimum Gasteiger partial charge on any atom is -0.361 e. The van der Waals surface area contributed by atoms with E-state index in [-0.39, 0.29) is 0 Å². The Morgan fingerprint density at radius 1 is 1.24 bits per heavy atom. The second-order valence-electron chi connectivity index (χ2n) is 6.58. The summed E-state index contributed by atoms with van der Waals surface area (Å²) in [5, 5.41) is 9.73. The molecular formula is C17H18N4. The number of H-pyrrole nitrogens is 1. The van der Waals surface area contributed by atoms with Crippen molar-refractivity contribution < 1.29 is 0 Å². The van der Waals surface area contributed by atoms with Crippen LogP contribution in [0.5, 0.6) is 0 Å². The SMILES string of the molecule is c1ccc2c(C(n3ccnn3)C3(C4CC4)CC3)c[nH]c2c1. The Bertz CT molecular complexity index is 778. The largest absolute Gasteiger partial charge is 0.361 e. The van der Waals surface area contributed by atoms with Crippen LogP contribution in [0.2, 0.25) is 0 Å². The van der Waals surface area contributed by atoms with Gasteiger partial charge in [-0.3, -0.25) is 0 Å². The predicted molar refractivity (Wildman–Crippen MR) is 80.9 cm³/mol. The van der Waals surface area contributed by atoms with Gasteiger partial charge in [-0.05, 0) is 43.1 Å². The third-order valence-corrected chi connectivity index (χ3v) is 5.38. The molecule has 1 atom stereocenters. The summed E-state index contributed by atoms with van der Waals surface area (Å²) in [6, 6.07) is 8.89. The fraction of sp³-hybridized carbons (Fsp3) is 0.412. The molecule has 0 bridgehead atoms. The molecule has 106 valence electrons. The summed E-state index contributed by atoms with van der Waals surface area (Å²) in [5.41, 5.74) is 3.00. The highest BCUT2D eigenvalue weighted by atomic mass is 15.4. The van der Waals surface area contributed by atoms with Gasteiger partial charge in [0.2, 0.25) is 0 Å². The van der Waals surface area contributed by atoms with E-state index in [0.29, 0.717) is 11.5 Å². The monoisotopic (exact) mass is 278 g/mol. The fourth-order valence-corrected chi connectivity index (χ4v) is 4.10. The van der Waals surface area contributed by atoms with Crippen LogP contribution in [0.4, 0.5) is 0 Å². The maximum Gasteiger partial charge on any atom is 0.0865 e. The van der Waals surface area contributed by atoms with Crippen molar-refractivity contribution in [3.63, 3.8) is 0 Å². The molecule has 0 radical (unpaired) electrons. The molecule has 21 heavy (non-hydrogen) atoms. The van der Waals surface area contributed by atoms with Crippen LogP contribution in [0.15, 0.2) is 42.9 Å². The molecule has 2 aromatic heterocycles. The number of nitrogens with one attached hydrogen (secondary N) is 1. The lowest BCUT2D eigenvalue weighted by molar-refractivity contribution is 0.288. The average Bonchev–Trinajstić information content (AvgIpc) is 3.41. The summed E-state index contributed by atoms with van der Waals surface area (Å²) < 4.78 is 2.08. The first-order valence-electron chi connectivity index (χ1n) is 7.80. The minimum atomic E-state index is 0.323. The highest BCUT2D eigenvalue weighted by molar-refractivity contribution is 5.83. The van der Waals surface area contributed by atoms with Gasteiger partial charge < -0.3 is 4.98 Å². The van der Waals surface area contributed by atoms with E-state index in [1.165, 1.54) is 42.1 Å². The fourth-order valence-electron chi connectivity index (χ4n) is 4.10. The molecule has 1 N–H and O–H groups in total. The molecule has 0 saturated heterocycles. The van der Waals surface area contributed by atoms with E-state index >= 15 is 0 Å². The van der Waals surface area contributed by atoms with Gasteiger partial charge in [-0.15, -0.1) is 5.10 Å². The van der Waals surface area contributed by atoms with E-state index in [9.17, 15) is 0 Å². The van der Waals surface area contributed by atoms with Crippen molar-refractivity contribution in [3.05, 3.63) is 48.4 Å². The number of hydrogen-bond donors (Lipinski definition) is 1. The van der Waals surface area contributed by atoms with Crippen LogP contribution in [0, 0.1) is 11.3 Å². The van der Waals surface area contributed by atoms with E-state index in [0.717, 1.165) is 5.92 Å². The second-order valence-corrected chi connectivity index (χ2v) is 6.58. The lowest BCUT2D eigenvalue weighted by Crippen LogP contribution is -2.24. The molecule has 2 aliphatic carbocycles. The minimum absolute atomic E-state index is 0.323. The van der Waals surface area contributed by atoms with Crippen LogP contribution in [0.25, 0.3) is 10.9 Å². The Kier molecular flexibility index (Phi) is 2.18. The Morgan fingerprint density at radius 3 is 2.81 bits per heavy atom. The van der Waals surface area contributed by atoms with Crippen molar-refractivity contribution in [2.24, 2.45) is 11.3 Å². The van der Waals surface area contributed by atoms with Gasteiger partial charge >= 0.3 is 0 Å². The van der Waals surface area contributed by atoms with Crippen molar-refractivity contribution in [2.45, 2.75) is 31.7 Å². The van der Waals surface area contributed by atoms with Gasteiger partial charge in [-0.25, -0.2) is 4.68 Å². The smallest absolute Gasteiger partial charge is 0.0865 e. The molecule has 0 amide bonds. The number of benzene rings is 1. The number of para-hydroxylation sites is 1. The molecule has 1 aromatic carbocycles. The highest BCUT2D eigenvalue weighted by Gasteiger charge is 2.60. The Labute approximate surface area is 123 Å². The molecule has 0 aliphatic heterocycles. The molecule has 2 fully saturated rings. The lowest BCUT2D eigenvalue weighted by Gasteiger charge is -2.27. The van der Waals surface area contributed by atoms with Crippen LogP contribution in [-0.4, -0.2) is 20.0 Å². The standard InChI is InChI=1S/C17H18N4/c1-2-4-15-13(3-1)14(11-18-15)16(21-10-9-19-20-21)17(7-8-17)12-5-6-12/h1-4,9-12,16,18H,5-8H2. The van der Waals surface area contributed by atoms with Gasteiger partial charge in [0.1, 0.15) is 0 Å². The summed E-state index contributed by atoms with van der Waals surface area (Å²) in [5.74, 6) is 0.875. The van der Waals surface area contributed by atoms with E-state index in [1.807, 2.05) is 6.20 Å². The lowest BCUT2D eigenvalue weighted by atomic mass is 9.85. The zero-order valence-corrected chi connectivity index (χ0v) is 11.9. The summed E-state index contributed by atoms with van der Waals surface area (Å²) in [4.78, 5) is 3.43. The van der Waals surface area contributed by atoms with Gasteiger partial charge in [0, 0.05) is 28.9 Å². The van der Waals surface area contributed by atoms with Crippen molar-refractivity contribution in [1.29, 1.82) is 0 Å². The number of hydrogen-bond acceptors (Lipinski definition) is 2. The average molecular weight is 278 g/mol. The first-order valence-corrected chi connectivity index (χ1v) is 7.80. The topological polar surface area (TPSA) is 46.5 Å². The molecule has 2 heterocycles. The maximum atomic E-state index is 4.35. The van der Waals surface area contributed by atoms with Gasteiger partial charge in [0.25, 0.3) is 0 Å². The van der Waals surface area contributed by atoms with E-state index < -0.39 is 0 Å². The third kappa shape index (κ3) is 1.62. The summed E-state index contributed by atoms with van der Waals surface area (Å²) in [7, 11) is 0. The van der Waals surface area contributed by atoms with Crippen LogP contribution >= 0.6 is 0 Å². The van der Waals surface area contributed by atoms with Gasteiger partial charge in [0.05, 0.1) is 12.2 Å². The van der Waals surface area contributed by atoms with Crippen LogP contribution in [0.1, 0.15) is 37.3 Å². The molecule has 5 rings (SSSR count). The number of nitrogens with zero attached hydrogens (tertiary/aromatic N) is 3. The van der Waals surface area contributed by atoms with E-state index in [4.69, 9.17) is 0 Å². The molecule has 2 aliphatic rings. The van der Waals surface area contributed by atoms with Crippen molar-refractivity contribution in [2.75, 3.05) is 0 Å². The van der Waals surface area contributed by atoms with Crippen molar-refractivity contribution in [3.8, 4) is 0 Å². The van der Waals surface area contributed by atoms with E-state index in [1.54, 1.807) is 6.20 Å². The van der Waals surface area contributed by atoms with Crippen LogP contribution < -0.4 is 0 Å². The molecule has 2 saturated carbocycles. The van der Waals surface area contributed by atoms with Gasteiger partial charge in [0.15, 0.2) is 0 Å². The highest BCUT2D eigenvalue weighted by Crippen LogP contribution is 2.68. The molecular weight excluding hydrogens is 260 g/mol. The van der Waals surface area contributed by atoms with Gasteiger partial charge in [-0.2, -0.15) is 0 Å². The first kappa shape index (κ1) is 11.5. The Hall–Kier alpha value is -2.10.